The molecule has 1 aliphatic rings. The predicted octanol–water partition coefficient (Wildman–Crippen LogP) is 4.67. The second-order valence-electron chi connectivity index (χ2n) is 6.23. The molecule has 1 N–H and O–H groups in total. The summed E-state index contributed by atoms with van der Waals surface area (Å²) >= 11 is 0. The van der Waals surface area contributed by atoms with E-state index in [0.29, 0.717) is 6.04 Å². The molecule has 2 rings (SSSR count). The van der Waals surface area contributed by atoms with Crippen LogP contribution >= 0.6 is 0 Å². The smallest absolute Gasteiger partial charge is 0.272 e. The van der Waals surface area contributed by atoms with Crippen LogP contribution in [0.25, 0.3) is 0 Å². The number of nitro groups is 1. The second kappa shape index (κ2) is 7.55. The minimum atomic E-state index is -0.290. The molecule has 1 saturated carbocycles. The molecule has 116 valence electrons. The maximum absolute atomic E-state index is 11.1. The van der Waals surface area contributed by atoms with E-state index in [9.17, 15) is 10.1 Å². The summed E-state index contributed by atoms with van der Waals surface area (Å²) in [5.41, 5.74) is 1.95. The highest BCUT2D eigenvalue weighted by Crippen LogP contribution is 2.25. The van der Waals surface area contributed by atoms with Crippen molar-refractivity contribution in [2.75, 3.05) is 0 Å². The van der Waals surface area contributed by atoms with Crippen molar-refractivity contribution in [2.45, 2.75) is 70.9 Å². The van der Waals surface area contributed by atoms with Gasteiger partial charge in [0.15, 0.2) is 0 Å². The van der Waals surface area contributed by atoms with Crippen LogP contribution in [0.15, 0.2) is 18.2 Å². The first-order chi connectivity index (χ1) is 10.1. The van der Waals surface area contributed by atoms with E-state index in [1.54, 1.807) is 13.0 Å². The second-order valence-corrected chi connectivity index (χ2v) is 6.23. The molecule has 0 spiro atoms. The van der Waals surface area contributed by atoms with Crippen LogP contribution in [0.4, 0.5) is 5.69 Å². The number of nitrogens with zero attached hydrogens (tertiary/aromatic N) is 1. The molecule has 0 saturated heterocycles. The van der Waals surface area contributed by atoms with E-state index in [1.807, 2.05) is 12.1 Å². The normalized spacial score (nSPS) is 18.8. The summed E-state index contributed by atoms with van der Waals surface area (Å²) in [5.74, 6) is 0. The van der Waals surface area contributed by atoms with Gasteiger partial charge in [0.05, 0.1) is 4.92 Å². The predicted molar refractivity (Wildman–Crippen MR) is 85.5 cm³/mol. The molecule has 0 heterocycles. The number of rotatable bonds is 4. The molecule has 1 aromatic carbocycles. The highest BCUT2D eigenvalue weighted by atomic mass is 16.6. The minimum absolute atomic E-state index is 0.161. The van der Waals surface area contributed by atoms with E-state index < -0.39 is 0 Å². The standard InChI is InChI=1S/C17H26N2O2/c1-13-10-11-15(12-17(13)19(20)21)14(2)18-16-8-6-4-3-5-7-9-16/h10-12,14,16,18H,3-9H2,1-2H3. The lowest BCUT2D eigenvalue weighted by molar-refractivity contribution is -0.385. The topological polar surface area (TPSA) is 55.2 Å². The lowest BCUT2D eigenvalue weighted by Crippen LogP contribution is -2.32. The summed E-state index contributed by atoms with van der Waals surface area (Å²) in [6, 6.07) is 6.28. The molecule has 1 aromatic rings. The van der Waals surface area contributed by atoms with Gasteiger partial charge in [-0.2, -0.15) is 0 Å². The Bertz CT molecular complexity index is 480. The molecule has 1 unspecified atom stereocenters. The summed E-state index contributed by atoms with van der Waals surface area (Å²) < 4.78 is 0. The van der Waals surface area contributed by atoms with Gasteiger partial charge in [0.2, 0.25) is 0 Å². The minimum Gasteiger partial charge on any atom is -0.307 e. The van der Waals surface area contributed by atoms with Gasteiger partial charge in [-0.3, -0.25) is 10.1 Å². The monoisotopic (exact) mass is 290 g/mol. The molecular weight excluding hydrogens is 264 g/mol. The summed E-state index contributed by atoms with van der Waals surface area (Å²) in [4.78, 5) is 10.8. The molecule has 0 radical (unpaired) electrons. The van der Waals surface area contributed by atoms with Gasteiger partial charge in [-0.1, -0.05) is 44.2 Å². The number of hydrogen-bond acceptors (Lipinski definition) is 3. The average molecular weight is 290 g/mol. The summed E-state index contributed by atoms with van der Waals surface area (Å²) in [6.07, 6.45) is 9.06. The largest absolute Gasteiger partial charge is 0.307 e. The fourth-order valence-electron chi connectivity index (χ4n) is 3.17. The Kier molecular flexibility index (Phi) is 5.74. The van der Waals surface area contributed by atoms with E-state index >= 15 is 0 Å². The van der Waals surface area contributed by atoms with Crippen molar-refractivity contribution in [3.63, 3.8) is 0 Å². The number of aryl methyl sites for hydroxylation is 1. The highest BCUT2D eigenvalue weighted by molar-refractivity contribution is 5.43. The van der Waals surface area contributed by atoms with E-state index in [-0.39, 0.29) is 16.7 Å². The molecule has 0 aliphatic heterocycles. The molecule has 0 aromatic heterocycles. The third-order valence-electron chi connectivity index (χ3n) is 4.52. The zero-order valence-corrected chi connectivity index (χ0v) is 13.1. The molecule has 0 amide bonds. The Morgan fingerprint density at radius 1 is 1.19 bits per heavy atom. The van der Waals surface area contributed by atoms with Crippen LogP contribution in [-0.2, 0) is 0 Å². The van der Waals surface area contributed by atoms with Crippen LogP contribution in [0, 0.1) is 17.0 Å². The molecule has 0 bridgehead atoms. The van der Waals surface area contributed by atoms with Gasteiger partial charge in [-0.05, 0) is 32.3 Å². The Morgan fingerprint density at radius 2 is 1.81 bits per heavy atom. The maximum atomic E-state index is 11.1. The molecule has 21 heavy (non-hydrogen) atoms. The van der Waals surface area contributed by atoms with E-state index in [1.165, 1.54) is 44.9 Å². The fourth-order valence-corrected chi connectivity index (χ4v) is 3.17. The first kappa shape index (κ1) is 16.0. The van der Waals surface area contributed by atoms with Crippen molar-refractivity contribution in [1.82, 2.24) is 5.32 Å². The van der Waals surface area contributed by atoms with Crippen LogP contribution in [0.3, 0.4) is 0 Å². The maximum Gasteiger partial charge on any atom is 0.272 e. The van der Waals surface area contributed by atoms with Crippen LogP contribution in [0.5, 0.6) is 0 Å². The fraction of sp³-hybridized carbons (Fsp3) is 0.647. The number of nitro benzene ring substituents is 1. The third-order valence-corrected chi connectivity index (χ3v) is 4.52. The SMILES string of the molecule is Cc1ccc(C(C)NC2CCCCCCC2)cc1[N+](=O)[O-]. The Hall–Kier alpha value is -1.42. The van der Waals surface area contributed by atoms with Crippen molar-refractivity contribution in [1.29, 1.82) is 0 Å². The Morgan fingerprint density at radius 3 is 2.43 bits per heavy atom. The third kappa shape index (κ3) is 4.53. The number of benzene rings is 1. The number of hydrogen-bond donors (Lipinski definition) is 1. The number of nitrogens with one attached hydrogen (secondary N) is 1. The van der Waals surface area contributed by atoms with Gasteiger partial charge < -0.3 is 5.32 Å². The van der Waals surface area contributed by atoms with Gasteiger partial charge in [-0.15, -0.1) is 0 Å². The van der Waals surface area contributed by atoms with E-state index in [2.05, 4.69) is 12.2 Å². The van der Waals surface area contributed by atoms with Crippen molar-refractivity contribution in [3.05, 3.63) is 39.4 Å². The van der Waals surface area contributed by atoms with Crippen LogP contribution in [0.1, 0.15) is 69.0 Å². The molecule has 4 heteroatoms. The molecule has 1 atom stereocenters. The Labute approximate surface area is 127 Å². The summed E-state index contributed by atoms with van der Waals surface area (Å²) in [7, 11) is 0. The van der Waals surface area contributed by atoms with Crippen molar-refractivity contribution in [3.8, 4) is 0 Å². The van der Waals surface area contributed by atoms with Gasteiger partial charge >= 0.3 is 0 Å². The van der Waals surface area contributed by atoms with Gasteiger partial charge in [0, 0.05) is 23.7 Å². The van der Waals surface area contributed by atoms with Gasteiger partial charge in [0.25, 0.3) is 5.69 Å². The zero-order chi connectivity index (χ0) is 15.2. The quantitative estimate of drug-likeness (QED) is 0.647. The van der Waals surface area contributed by atoms with Crippen molar-refractivity contribution >= 4 is 5.69 Å². The summed E-state index contributed by atoms with van der Waals surface area (Å²) in [5, 5.41) is 14.7. The van der Waals surface area contributed by atoms with Crippen molar-refractivity contribution < 1.29 is 4.92 Å². The van der Waals surface area contributed by atoms with Crippen LogP contribution < -0.4 is 5.32 Å². The lowest BCUT2D eigenvalue weighted by Gasteiger charge is -2.25. The summed E-state index contributed by atoms with van der Waals surface area (Å²) in [6.45, 7) is 3.89. The van der Waals surface area contributed by atoms with E-state index in [0.717, 1.165) is 11.1 Å². The van der Waals surface area contributed by atoms with Crippen LogP contribution in [-0.4, -0.2) is 11.0 Å². The van der Waals surface area contributed by atoms with Gasteiger partial charge in [0.1, 0.15) is 0 Å². The zero-order valence-electron chi connectivity index (χ0n) is 13.1. The van der Waals surface area contributed by atoms with Gasteiger partial charge in [-0.25, -0.2) is 0 Å². The molecule has 4 nitrogen and oxygen atoms in total. The lowest BCUT2D eigenvalue weighted by atomic mass is 9.95. The van der Waals surface area contributed by atoms with Crippen LogP contribution in [0.2, 0.25) is 0 Å². The van der Waals surface area contributed by atoms with Crippen molar-refractivity contribution in [2.24, 2.45) is 0 Å². The van der Waals surface area contributed by atoms with E-state index in [4.69, 9.17) is 0 Å². The first-order valence-electron chi connectivity index (χ1n) is 8.09. The Balaban J connectivity index is 2.03. The average Bonchev–Trinajstić information content (AvgIpc) is 2.41. The molecular formula is C17H26N2O2. The highest BCUT2D eigenvalue weighted by Gasteiger charge is 2.18. The first-order valence-corrected chi connectivity index (χ1v) is 8.09. The molecule has 1 aliphatic carbocycles. The molecule has 1 fully saturated rings.